The minimum Gasteiger partial charge on any atom is -0.492 e. The fraction of sp³-hybridized carbons (Fsp3) is 0.562. The van der Waals surface area contributed by atoms with Gasteiger partial charge in [0.25, 0.3) is 0 Å². The van der Waals surface area contributed by atoms with Gasteiger partial charge < -0.3 is 14.3 Å². The van der Waals surface area contributed by atoms with Crippen molar-refractivity contribution >= 4 is 23.3 Å². The van der Waals surface area contributed by atoms with Gasteiger partial charge in [-0.1, -0.05) is 33.8 Å². The minimum atomic E-state index is 0.189. The third-order valence-electron chi connectivity index (χ3n) is 4.20. The number of fused-ring (bicyclic) bond motifs is 1. The van der Waals surface area contributed by atoms with E-state index in [4.69, 9.17) is 17.0 Å². The molecule has 0 saturated heterocycles. The lowest BCUT2D eigenvalue weighted by Gasteiger charge is -2.29. The number of nitrogens with one attached hydrogen (secondary N) is 1. The van der Waals surface area contributed by atoms with Crippen molar-refractivity contribution in [3.63, 3.8) is 0 Å². The van der Waals surface area contributed by atoms with E-state index in [0.717, 1.165) is 28.1 Å². The number of ether oxygens (including phenoxy) is 1. The predicted molar refractivity (Wildman–Crippen MR) is 86.9 cm³/mol. The maximum Gasteiger partial charge on any atom is 0.178 e. The summed E-state index contributed by atoms with van der Waals surface area (Å²) in [5.74, 6) is 1.46. The molecule has 0 spiro atoms. The normalized spacial score (nSPS) is 12.3. The minimum absolute atomic E-state index is 0.189. The van der Waals surface area contributed by atoms with Gasteiger partial charge >= 0.3 is 0 Å². The molecule has 0 saturated carbocycles. The Kier molecular flexibility index (Phi) is 4.23. The van der Waals surface area contributed by atoms with Crippen LogP contribution in [0.1, 0.15) is 34.6 Å². The summed E-state index contributed by atoms with van der Waals surface area (Å²) >= 11 is 5.50. The summed E-state index contributed by atoms with van der Waals surface area (Å²) in [7, 11) is 0. The largest absolute Gasteiger partial charge is 0.492 e. The van der Waals surface area contributed by atoms with Gasteiger partial charge in [0.1, 0.15) is 11.3 Å². The number of hydrogen-bond acceptors (Lipinski definition) is 2. The lowest BCUT2D eigenvalue weighted by Crippen LogP contribution is -2.25. The van der Waals surface area contributed by atoms with Crippen LogP contribution in [0.3, 0.4) is 0 Å². The zero-order valence-electron chi connectivity index (χ0n) is 13.0. The zero-order valence-corrected chi connectivity index (χ0v) is 13.8. The van der Waals surface area contributed by atoms with Crippen LogP contribution in [0.15, 0.2) is 18.2 Å². The van der Waals surface area contributed by atoms with Crippen LogP contribution in [-0.2, 0) is 6.54 Å². The van der Waals surface area contributed by atoms with Gasteiger partial charge in [0.05, 0.1) is 12.1 Å². The first-order valence-electron chi connectivity index (χ1n) is 7.21. The first-order valence-corrected chi connectivity index (χ1v) is 7.62. The Labute approximate surface area is 126 Å². The summed E-state index contributed by atoms with van der Waals surface area (Å²) < 4.78 is 8.63. The Hall–Kier alpha value is -1.29. The van der Waals surface area contributed by atoms with Crippen LogP contribution in [0, 0.1) is 16.1 Å². The second-order valence-corrected chi connectivity index (χ2v) is 6.63. The molecule has 0 bridgehead atoms. The van der Waals surface area contributed by atoms with Crippen molar-refractivity contribution in [1.82, 2.24) is 9.55 Å². The van der Waals surface area contributed by atoms with E-state index in [0.29, 0.717) is 12.5 Å². The number of para-hydroxylation sites is 1. The molecule has 3 nitrogen and oxygen atoms in total. The molecular formula is C16H24N2OS. The topological polar surface area (TPSA) is 29.9 Å². The lowest BCUT2D eigenvalue weighted by atomic mass is 9.81. The Morgan fingerprint density at radius 3 is 2.65 bits per heavy atom. The fourth-order valence-electron chi connectivity index (χ4n) is 2.18. The van der Waals surface area contributed by atoms with Gasteiger partial charge in [-0.25, -0.2) is 0 Å². The molecule has 0 fully saturated rings. The highest BCUT2D eigenvalue weighted by Crippen LogP contribution is 2.31. The Morgan fingerprint density at radius 1 is 1.35 bits per heavy atom. The van der Waals surface area contributed by atoms with Gasteiger partial charge in [-0.2, -0.15) is 0 Å². The first kappa shape index (κ1) is 15.1. The summed E-state index contributed by atoms with van der Waals surface area (Å²) in [5.41, 5.74) is 2.31. The molecule has 20 heavy (non-hydrogen) atoms. The smallest absolute Gasteiger partial charge is 0.178 e. The maximum atomic E-state index is 5.67. The quantitative estimate of drug-likeness (QED) is 0.804. The van der Waals surface area contributed by atoms with E-state index in [1.54, 1.807) is 0 Å². The van der Waals surface area contributed by atoms with Gasteiger partial charge in [0, 0.05) is 6.54 Å². The molecule has 1 aromatic carbocycles. The van der Waals surface area contributed by atoms with Crippen molar-refractivity contribution in [3.8, 4) is 5.75 Å². The van der Waals surface area contributed by atoms with Crippen molar-refractivity contribution in [2.45, 2.75) is 41.2 Å². The van der Waals surface area contributed by atoms with E-state index in [2.05, 4.69) is 43.3 Å². The molecule has 2 aromatic rings. The summed E-state index contributed by atoms with van der Waals surface area (Å²) in [6, 6.07) is 6.10. The molecule has 0 aliphatic heterocycles. The maximum absolute atomic E-state index is 5.67. The second-order valence-electron chi connectivity index (χ2n) is 6.24. The standard InChI is InChI=1S/C16H24N2OS/c1-6-19-13-9-7-8-12-14(13)17-15(20)18(12)10-16(4,5)11(2)3/h7-9,11H,6,10H2,1-5H3,(H,17,20). The molecule has 0 amide bonds. The number of aromatic amines is 1. The van der Waals surface area contributed by atoms with E-state index in [1.807, 2.05) is 19.1 Å². The number of imidazole rings is 1. The van der Waals surface area contributed by atoms with Crippen molar-refractivity contribution in [2.24, 2.45) is 11.3 Å². The highest BCUT2D eigenvalue weighted by atomic mass is 32.1. The number of benzene rings is 1. The summed E-state index contributed by atoms with van der Waals surface area (Å²) in [4.78, 5) is 3.29. The Balaban J connectivity index is 2.52. The molecule has 110 valence electrons. The van der Waals surface area contributed by atoms with Crippen LogP contribution >= 0.6 is 12.2 Å². The average Bonchev–Trinajstić information content (AvgIpc) is 2.67. The summed E-state index contributed by atoms with van der Waals surface area (Å²) in [6.45, 7) is 12.6. The molecule has 2 rings (SSSR count). The van der Waals surface area contributed by atoms with Crippen LogP contribution < -0.4 is 4.74 Å². The van der Waals surface area contributed by atoms with Gasteiger partial charge in [0.15, 0.2) is 4.77 Å². The van der Waals surface area contributed by atoms with E-state index in [-0.39, 0.29) is 5.41 Å². The molecular weight excluding hydrogens is 268 g/mol. The Bertz CT molecular complexity index is 652. The second kappa shape index (κ2) is 5.60. The first-order chi connectivity index (χ1) is 9.36. The highest BCUT2D eigenvalue weighted by Gasteiger charge is 2.24. The lowest BCUT2D eigenvalue weighted by molar-refractivity contribution is 0.211. The van der Waals surface area contributed by atoms with Gasteiger partial charge in [0.2, 0.25) is 0 Å². The molecule has 4 heteroatoms. The van der Waals surface area contributed by atoms with Crippen LogP contribution in [0.2, 0.25) is 0 Å². The van der Waals surface area contributed by atoms with E-state index in [1.165, 1.54) is 0 Å². The number of H-pyrrole nitrogens is 1. The molecule has 1 N–H and O–H groups in total. The number of aromatic nitrogens is 2. The molecule has 0 unspecified atom stereocenters. The van der Waals surface area contributed by atoms with Crippen molar-refractivity contribution in [3.05, 3.63) is 23.0 Å². The average molecular weight is 292 g/mol. The van der Waals surface area contributed by atoms with Gasteiger partial charge in [-0.15, -0.1) is 0 Å². The van der Waals surface area contributed by atoms with E-state index < -0.39 is 0 Å². The molecule has 1 heterocycles. The SMILES string of the molecule is CCOc1cccc2c1[nH]c(=S)n2CC(C)(C)C(C)C. The number of rotatable bonds is 5. The van der Waals surface area contributed by atoms with E-state index >= 15 is 0 Å². The zero-order chi connectivity index (χ0) is 14.9. The van der Waals surface area contributed by atoms with E-state index in [9.17, 15) is 0 Å². The molecule has 1 aromatic heterocycles. The van der Waals surface area contributed by atoms with Crippen molar-refractivity contribution in [2.75, 3.05) is 6.61 Å². The fourth-order valence-corrected chi connectivity index (χ4v) is 2.44. The monoisotopic (exact) mass is 292 g/mol. The van der Waals surface area contributed by atoms with Crippen molar-refractivity contribution < 1.29 is 4.74 Å². The molecule has 0 atom stereocenters. The predicted octanol–water partition coefficient (Wildman–Crippen LogP) is 4.78. The van der Waals surface area contributed by atoms with Crippen LogP contribution in [0.4, 0.5) is 0 Å². The molecule has 0 aliphatic carbocycles. The van der Waals surface area contributed by atoms with Crippen LogP contribution in [0.25, 0.3) is 11.0 Å². The molecule has 0 radical (unpaired) electrons. The third kappa shape index (κ3) is 2.75. The van der Waals surface area contributed by atoms with Crippen LogP contribution in [0.5, 0.6) is 5.75 Å². The van der Waals surface area contributed by atoms with Crippen molar-refractivity contribution in [1.29, 1.82) is 0 Å². The Morgan fingerprint density at radius 2 is 2.05 bits per heavy atom. The number of hydrogen-bond donors (Lipinski definition) is 1. The highest BCUT2D eigenvalue weighted by molar-refractivity contribution is 7.71. The third-order valence-corrected chi connectivity index (χ3v) is 4.52. The van der Waals surface area contributed by atoms with Crippen LogP contribution in [-0.4, -0.2) is 16.2 Å². The van der Waals surface area contributed by atoms with Gasteiger partial charge in [-0.3, -0.25) is 0 Å². The summed E-state index contributed by atoms with van der Waals surface area (Å²) in [5, 5.41) is 0. The number of nitrogens with zero attached hydrogens (tertiary/aromatic N) is 1. The molecule has 0 aliphatic rings. The summed E-state index contributed by atoms with van der Waals surface area (Å²) in [6.07, 6.45) is 0. The van der Waals surface area contributed by atoms with Gasteiger partial charge in [-0.05, 0) is 42.6 Å².